The zero-order valence-corrected chi connectivity index (χ0v) is 13.6. The van der Waals surface area contributed by atoms with Crippen LogP contribution in [0.5, 0.6) is 0 Å². The number of thiophene rings is 1. The predicted molar refractivity (Wildman–Crippen MR) is 98.3 cm³/mol. The van der Waals surface area contributed by atoms with Gasteiger partial charge in [0.15, 0.2) is 0 Å². The molecule has 0 aliphatic heterocycles. The van der Waals surface area contributed by atoms with E-state index in [1.807, 2.05) is 12.1 Å². The lowest BCUT2D eigenvalue weighted by molar-refractivity contribution is 1.11. The molecule has 0 atom stereocenters. The second kappa shape index (κ2) is 5.79. The van der Waals surface area contributed by atoms with Crippen LogP contribution in [-0.2, 0) is 0 Å². The summed E-state index contributed by atoms with van der Waals surface area (Å²) in [6, 6.07) is 20.9. The van der Waals surface area contributed by atoms with Crippen molar-refractivity contribution in [1.29, 1.82) is 0 Å². The Balaban J connectivity index is 1.89. The normalized spacial score (nSPS) is 10.5. The minimum atomic E-state index is 1.04. The molecule has 110 valence electrons. The lowest BCUT2D eigenvalue weighted by atomic mass is 10.1. The summed E-state index contributed by atoms with van der Waals surface area (Å²) in [5.74, 6) is 6.59. The molecule has 0 aliphatic rings. The van der Waals surface area contributed by atoms with Crippen molar-refractivity contribution in [2.24, 2.45) is 0 Å². The lowest BCUT2D eigenvalue weighted by Gasteiger charge is -2.08. The molecule has 2 heteroatoms. The minimum Gasteiger partial charge on any atom is -0.315 e. The lowest BCUT2D eigenvalue weighted by Crippen LogP contribution is -1.95. The summed E-state index contributed by atoms with van der Waals surface area (Å²) in [5, 5.41) is 3.34. The number of hydrogen-bond donors (Lipinski definition) is 0. The molecule has 0 unspecified atom stereocenters. The molecular formula is C21H15NS. The summed E-state index contributed by atoms with van der Waals surface area (Å²) < 4.78 is 2.24. The molecule has 2 aromatic carbocycles. The van der Waals surface area contributed by atoms with Crippen molar-refractivity contribution in [2.45, 2.75) is 6.92 Å². The Morgan fingerprint density at radius 2 is 1.70 bits per heavy atom. The van der Waals surface area contributed by atoms with E-state index in [-0.39, 0.29) is 0 Å². The molecule has 4 rings (SSSR count). The molecule has 0 N–H and O–H groups in total. The number of aryl methyl sites for hydroxylation is 1. The molecule has 0 aliphatic carbocycles. The smallest absolute Gasteiger partial charge is 0.0772 e. The molecule has 0 bridgehead atoms. The van der Waals surface area contributed by atoms with E-state index in [4.69, 9.17) is 0 Å². The highest BCUT2D eigenvalue weighted by Crippen LogP contribution is 2.25. The van der Waals surface area contributed by atoms with Crippen molar-refractivity contribution in [3.63, 3.8) is 0 Å². The number of benzene rings is 2. The van der Waals surface area contributed by atoms with Crippen molar-refractivity contribution >= 4 is 22.2 Å². The van der Waals surface area contributed by atoms with E-state index in [1.54, 1.807) is 11.3 Å². The van der Waals surface area contributed by atoms with Gasteiger partial charge in [0.2, 0.25) is 0 Å². The standard InChI is InChI=1S/C21H15NS/c1-16-15-22(21-11-5-3-9-19(16)21)20-10-4-2-7-17(20)12-13-18-8-6-14-23-18/h2-11,14-15H,1H3. The van der Waals surface area contributed by atoms with Crippen LogP contribution in [0.3, 0.4) is 0 Å². The summed E-state index contributed by atoms with van der Waals surface area (Å²) in [7, 11) is 0. The van der Waals surface area contributed by atoms with Gasteiger partial charge in [0.25, 0.3) is 0 Å². The van der Waals surface area contributed by atoms with Crippen LogP contribution < -0.4 is 0 Å². The van der Waals surface area contributed by atoms with Gasteiger partial charge in [-0.3, -0.25) is 0 Å². The minimum absolute atomic E-state index is 1.04. The number of para-hydroxylation sites is 2. The first kappa shape index (κ1) is 13.9. The fourth-order valence-electron chi connectivity index (χ4n) is 2.82. The van der Waals surface area contributed by atoms with Gasteiger partial charge >= 0.3 is 0 Å². The van der Waals surface area contributed by atoms with Gasteiger partial charge < -0.3 is 4.57 Å². The van der Waals surface area contributed by atoms with Crippen LogP contribution in [0.2, 0.25) is 0 Å². The van der Waals surface area contributed by atoms with Gasteiger partial charge in [-0.25, -0.2) is 0 Å². The Hall–Kier alpha value is -2.76. The maximum atomic E-state index is 3.33. The first-order valence-electron chi connectivity index (χ1n) is 7.54. The number of rotatable bonds is 1. The highest BCUT2D eigenvalue weighted by atomic mass is 32.1. The first-order valence-corrected chi connectivity index (χ1v) is 8.42. The Morgan fingerprint density at radius 1 is 0.870 bits per heavy atom. The van der Waals surface area contributed by atoms with Gasteiger partial charge in [-0.15, -0.1) is 11.3 Å². The molecular weight excluding hydrogens is 298 g/mol. The average molecular weight is 313 g/mol. The Bertz CT molecular complexity index is 1030. The third-order valence-corrected chi connectivity index (χ3v) is 4.70. The van der Waals surface area contributed by atoms with Crippen molar-refractivity contribution in [2.75, 3.05) is 0 Å². The highest BCUT2D eigenvalue weighted by molar-refractivity contribution is 7.10. The summed E-state index contributed by atoms with van der Waals surface area (Å²) >= 11 is 1.67. The van der Waals surface area contributed by atoms with E-state index in [0.717, 1.165) is 16.1 Å². The van der Waals surface area contributed by atoms with Crippen LogP contribution >= 0.6 is 11.3 Å². The van der Waals surface area contributed by atoms with Crippen molar-refractivity contribution < 1.29 is 0 Å². The average Bonchev–Trinajstić information content (AvgIpc) is 3.22. The Labute approximate surface area is 139 Å². The molecule has 0 spiro atoms. The molecule has 23 heavy (non-hydrogen) atoms. The maximum absolute atomic E-state index is 3.33. The van der Waals surface area contributed by atoms with Crippen molar-refractivity contribution in [1.82, 2.24) is 4.57 Å². The van der Waals surface area contributed by atoms with Crippen LogP contribution in [0.4, 0.5) is 0 Å². The van der Waals surface area contributed by atoms with Crippen LogP contribution in [0, 0.1) is 18.8 Å². The second-order valence-electron chi connectivity index (χ2n) is 5.44. The third kappa shape index (κ3) is 2.56. The van der Waals surface area contributed by atoms with E-state index in [1.165, 1.54) is 16.5 Å². The second-order valence-corrected chi connectivity index (χ2v) is 6.39. The molecule has 2 heterocycles. The summed E-state index contributed by atoms with van der Waals surface area (Å²) in [4.78, 5) is 1.09. The number of nitrogens with zero attached hydrogens (tertiary/aromatic N) is 1. The fraction of sp³-hybridized carbons (Fsp3) is 0.0476. The van der Waals surface area contributed by atoms with E-state index in [2.05, 4.69) is 83.4 Å². The predicted octanol–water partition coefficient (Wildman–Crippen LogP) is 5.40. The molecule has 0 saturated carbocycles. The molecule has 0 amide bonds. The van der Waals surface area contributed by atoms with Gasteiger partial charge in [-0.05, 0) is 42.1 Å². The molecule has 4 aromatic rings. The summed E-state index contributed by atoms with van der Waals surface area (Å²) in [5.41, 5.74) is 4.67. The zero-order chi connectivity index (χ0) is 15.6. The van der Waals surface area contributed by atoms with E-state index >= 15 is 0 Å². The quantitative estimate of drug-likeness (QED) is 0.415. The fourth-order valence-corrected chi connectivity index (χ4v) is 3.39. The largest absolute Gasteiger partial charge is 0.315 e. The SMILES string of the molecule is Cc1cn(-c2ccccc2C#Cc2cccs2)c2ccccc12. The van der Waals surface area contributed by atoms with Gasteiger partial charge in [-0.2, -0.15) is 0 Å². The van der Waals surface area contributed by atoms with E-state index in [0.29, 0.717) is 0 Å². The Kier molecular flexibility index (Phi) is 3.49. The zero-order valence-electron chi connectivity index (χ0n) is 12.8. The van der Waals surface area contributed by atoms with Crippen molar-refractivity contribution in [3.05, 3.63) is 88.2 Å². The molecule has 1 nitrogen and oxygen atoms in total. The monoisotopic (exact) mass is 313 g/mol. The summed E-state index contributed by atoms with van der Waals surface area (Å²) in [6.07, 6.45) is 2.19. The third-order valence-electron chi connectivity index (χ3n) is 3.92. The molecule has 0 saturated heterocycles. The van der Waals surface area contributed by atoms with Gasteiger partial charge in [0.05, 0.1) is 16.1 Å². The number of hydrogen-bond acceptors (Lipinski definition) is 1. The van der Waals surface area contributed by atoms with E-state index < -0.39 is 0 Å². The summed E-state index contributed by atoms with van der Waals surface area (Å²) in [6.45, 7) is 2.15. The topological polar surface area (TPSA) is 4.93 Å². The van der Waals surface area contributed by atoms with Crippen LogP contribution in [-0.4, -0.2) is 4.57 Å². The molecule has 0 radical (unpaired) electrons. The van der Waals surface area contributed by atoms with Gasteiger partial charge in [0, 0.05) is 17.1 Å². The highest BCUT2D eigenvalue weighted by Gasteiger charge is 2.08. The van der Waals surface area contributed by atoms with Gasteiger partial charge in [0.1, 0.15) is 0 Å². The van der Waals surface area contributed by atoms with Crippen LogP contribution in [0.1, 0.15) is 16.0 Å². The van der Waals surface area contributed by atoms with Crippen LogP contribution in [0.25, 0.3) is 16.6 Å². The van der Waals surface area contributed by atoms with Crippen LogP contribution in [0.15, 0.2) is 72.2 Å². The maximum Gasteiger partial charge on any atom is 0.0772 e. The van der Waals surface area contributed by atoms with E-state index in [9.17, 15) is 0 Å². The van der Waals surface area contributed by atoms with Crippen molar-refractivity contribution in [3.8, 4) is 17.5 Å². The Morgan fingerprint density at radius 3 is 2.57 bits per heavy atom. The molecule has 0 fully saturated rings. The number of aromatic nitrogens is 1. The van der Waals surface area contributed by atoms with Gasteiger partial charge in [-0.1, -0.05) is 48.2 Å². The number of fused-ring (bicyclic) bond motifs is 1. The molecule has 2 aromatic heterocycles. The first-order chi connectivity index (χ1) is 11.3.